The van der Waals surface area contributed by atoms with Crippen LogP contribution in [0.1, 0.15) is 29.6 Å². The van der Waals surface area contributed by atoms with Gasteiger partial charge in [0.2, 0.25) is 0 Å². The van der Waals surface area contributed by atoms with Gasteiger partial charge in [0.25, 0.3) is 5.91 Å². The SMILES string of the molecule is O=C(NC1(CCO)CCOCC1)c1cc(F)cc2cccnc12. The van der Waals surface area contributed by atoms with Gasteiger partial charge >= 0.3 is 0 Å². The Balaban J connectivity index is 1.93. The number of amides is 1. The molecule has 0 atom stereocenters. The lowest BCUT2D eigenvalue weighted by atomic mass is 9.86. The highest BCUT2D eigenvalue weighted by atomic mass is 19.1. The van der Waals surface area contributed by atoms with Gasteiger partial charge in [-0.05, 0) is 37.5 Å². The molecule has 3 rings (SSSR count). The maximum atomic E-state index is 13.8. The van der Waals surface area contributed by atoms with Gasteiger partial charge in [0, 0.05) is 36.9 Å². The minimum absolute atomic E-state index is 0.0254. The van der Waals surface area contributed by atoms with Crippen LogP contribution in [-0.4, -0.2) is 41.4 Å². The van der Waals surface area contributed by atoms with Gasteiger partial charge in [0.15, 0.2) is 0 Å². The third kappa shape index (κ3) is 3.33. The molecule has 0 radical (unpaired) electrons. The van der Waals surface area contributed by atoms with Crippen molar-refractivity contribution in [3.8, 4) is 0 Å². The quantitative estimate of drug-likeness (QED) is 0.905. The van der Waals surface area contributed by atoms with Crippen LogP contribution in [0.15, 0.2) is 30.5 Å². The molecule has 0 spiro atoms. The second-order valence-electron chi connectivity index (χ2n) is 5.85. The van der Waals surface area contributed by atoms with E-state index in [1.807, 2.05) is 0 Å². The number of hydrogen-bond donors (Lipinski definition) is 2. The molecule has 2 heterocycles. The summed E-state index contributed by atoms with van der Waals surface area (Å²) in [6.07, 6.45) is 3.28. The van der Waals surface area contributed by atoms with Gasteiger partial charge in [-0.3, -0.25) is 9.78 Å². The average Bonchev–Trinajstić information content (AvgIpc) is 2.55. The van der Waals surface area contributed by atoms with Crippen LogP contribution >= 0.6 is 0 Å². The highest BCUT2D eigenvalue weighted by Crippen LogP contribution is 2.26. The molecule has 2 N–H and O–H groups in total. The lowest BCUT2D eigenvalue weighted by molar-refractivity contribution is 0.0267. The van der Waals surface area contributed by atoms with Crippen LogP contribution in [0.5, 0.6) is 0 Å². The molecule has 1 fully saturated rings. The Labute approximate surface area is 133 Å². The van der Waals surface area contributed by atoms with E-state index < -0.39 is 11.4 Å². The number of nitrogens with zero attached hydrogens (tertiary/aromatic N) is 1. The van der Waals surface area contributed by atoms with Gasteiger partial charge in [-0.2, -0.15) is 0 Å². The maximum absolute atomic E-state index is 13.8. The Bertz CT molecular complexity index is 709. The molecule has 0 aliphatic carbocycles. The number of halogens is 1. The van der Waals surface area contributed by atoms with Crippen molar-refractivity contribution in [2.75, 3.05) is 19.8 Å². The largest absolute Gasteiger partial charge is 0.396 e. The van der Waals surface area contributed by atoms with Gasteiger partial charge in [-0.15, -0.1) is 0 Å². The molecule has 0 unspecified atom stereocenters. The van der Waals surface area contributed by atoms with E-state index in [-0.39, 0.29) is 18.1 Å². The fourth-order valence-electron chi connectivity index (χ4n) is 3.05. The molecule has 122 valence electrons. The van der Waals surface area contributed by atoms with Crippen molar-refractivity contribution in [3.63, 3.8) is 0 Å². The fourth-order valence-corrected chi connectivity index (χ4v) is 3.05. The van der Waals surface area contributed by atoms with E-state index in [1.54, 1.807) is 18.3 Å². The summed E-state index contributed by atoms with van der Waals surface area (Å²) >= 11 is 0. The van der Waals surface area contributed by atoms with Crippen LogP contribution in [0.3, 0.4) is 0 Å². The molecule has 1 amide bonds. The minimum Gasteiger partial charge on any atom is -0.396 e. The van der Waals surface area contributed by atoms with E-state index in [0.29, 0.717) is 43.4 Å². The Morgan fingerprint density at radius 3 is 2.91 bits per heavy atom. The second-order valence-corrected chi connectivity index (χ2v) is 5.85. The normalized spacial score (nSPS) is 17.1. The van der Waals surface area contributed by atoms with Gasteiger partial charge in [-0.1, -0.05) is 6.07 Å². The van der Waals surface area contributed by atoms with E-state index in [4.69, 9.17) is 4.74 Å². The van der Waals surface area contributed by atoms with Crippen molar-refractivity contribution in [1.29, 1.82) is 0 Å². The number of carbonyl (C=O) groups excluding carboxylic acids is 1. The molecular formula is C17H19FN2O3. The molecule has 1 saturated heterocycles. The Morgan fingerprint density at radius 2 is 2.17 bits per heavy atom. The number of nitrogens with one attached hydrogen (secondary N) is 1. The van der Waals surface area contributed by atoms with Crippen molar-refractivity contribution in [1.82, 2.24) is 10.3 Å². The third-order valence-electron chi connectivity index (χ3n) is 4.33. The number of hydrogen-bond acceptors (Lipinski definition) is 4. The van der Waals surface area contributed by atoms with Gasteiger partial charge in [0.05, 0.1) is 11.1 Å². The topological polar surface area (TPSA) is 71.5 Å². The summed E-state index contributed by atoms with van der Waals surface area (Å²) in [7, 11) is 0. The highest BCUT2D eigenvalue weighted by Gasteiger charge is 2.34. The summed E-state index contributed by atoms with van der Waals surface area (Å²) in [5, 5.41) is 12.9. The number of carbonyl (C=O) groups is 1. The van der Waals surface area contributed by atoms with Gasteiger partial charge < -0.3 is 15.2 Å². The van der Waals surface area contributed by atoms with Gasteiger partial charge in [-0.25, -0.2) is 4.39 Å². The zero-order valence-corrected chi connectivity index (χ0v) is 12.7. The summed E-state index contributed by atoms with van der Waals surface area (Å²) in [5.41, 5.74) is 0.166. The molecule has 1 aliphatic rings. The lowest BCUT2D eigenvalue weighted by Crippen LogP contribution is -2.52. The zero-order valence-electron chi connectivity index (χ0n) is 12.7. The van der Waals surface area contributed by atoms with Crippen LogP contribution in [0, 0.1) is 5.82 Å². The van der Waals surface area contributed by atoms with Crippen LogP contribution < -0.4 is 5.32 Å². The molecule has 2 aromatic rings. The van der Waals surface area contributed by atoms with Crippen LogP contribution in [0.4, 0.5) is 4.39 Å². The highest BCUT2D eigenvalue weighted by molar-refractivity contribution is 6.05. The maximum Gasteiger partial charge on any atom is 0.254 e. The van der Waals surface area contributed by atoms with E-state index in [0.717, 1.165) is 0 Å². The number of benzene rings is 1. The van der Waals surface area contributed by atoms with Crippen molar-refractivity contribution in [2.45, 2.75) is 24.8 Å². The number of pyridine rings is 1. The van der Waals surface area contributed by atoms with Gasteiger partial charge in [0.1, 0.15) is 5.82 Å². The van der Waals surface area contributed by atoms with E-state index in [2.05, 4.69) is 10.3 Å². The van der Waals surface area contributed by atoms with Crippen molar-refractivity contribution in [2.24, 2.45) is 0 Å². The van der Waals surface area contributed by atoms with Crippen molar-refractivity contribution >= 4 is 16.8 Å². The first-order valence-corrected chi connectivity index (χ1v) is 7.69. The summed E-state index contributed by atoms with van der Waals surface area (Å²) in [4.78, 5) is 16.9. The van der Waals surface area contributed by atoms with E-state index in [9.17, 15) is 14.3 Å². The monoisotopic (exact) mass is 318 g/mol. The first-order valence-electron chi connectivity index (χ1n) is 7.69. The molecule has 5 nitrogen and oxygen atoms in total. The second kappa shape index (κ2) is 6.60. The molecule has 1 aliphatic heterocycles. The Hall–Kier alpha value is -2.05. The smallest absolute Gasteiger partial charge is 0.254 e. The van der Waals surface area contributed by atoms with Crippen molar-refractivity contribution < 1.29 is 19.0 Å². The summed E-state index contributed by atoms with van der Waals surface area (Å²) < 4.78 is 19.2. The average molecular weight is 318 g/mol. The first kappa shape index (κ1) is 15.8. The Morgan fingerprint density at radius 1 is 1.39 bits per heavy atom. The number of fused-ring (bicyclic) bond motifs is 1. The Kier molecular flexibility index (Phi) is 4.54. The molecule has 0 saturated carbocycles. The number of aliphatic hydroxyl groups is 1. The predicted octanol–water partition coefficient (Wildman–Crippen LogP) is 2.04. The summed E-state index contributed by atoms with van der Waals surface area (Å²) in [6, 6.07) is 5.99. The summed E-state index contributed by atoms with van der Waals surface area (Å²) in [6.45, 7) is 1.04. The number of ether oxygens (including phenoxy) is 1. The number of aromatic nitrogens is 1. The molecule has 1 aromatic heterocycles. The fraction of sp³-hybridized carbons (Fsp3) is 0.412. The van der Waals surface area contributed by atoms with E-state index in [1.165, 1.54) is 12.1 Å². The molecule has 1 aromatic carbocycles. The lowest BCUT2D eigenvalue weighted by Gasteiger charge is -2.37. The summed E-state index contributed by atoms with van der Waals surface area (Å²) in [5.74, 6) is -0.845. The minimum atomic E-state index is -0.516. The number of rotatable bonds is 4. The third-order valence-corrected chi connectivity index (χ3v) is 4.33. The predicted molar refractivity (Wildman–Crippen MR) is 83.7 cm³/mol. The van der Waals surface area contributed by atoms with Crippen LogP contribution in [0.25, 0.3) is 10.9 Å². The molecular weight excluding hydrogens is 299 g/mol. The standard InChI is InChI=1S/C17H19FN2O3/c18-13-10-12-2-1-6-19-15(12)14(11-13)16(22)20-17(3-7-21)4-8-23-9-5-17/h1-2,6,10-11,21H,3-5,7-9H2,(H,20,22). The first-order chi connectivity index (χ1) is 11.1. The zero-order chi connectivity index (χ0) is 16.3. The van der Waals surface area contributed by atoms with E-state index >= 15 is 0 Å². The molecule has 6 heteroatoms. The molecule has 23 heavy (non-hydrogen) atoms. The molecule has 0 bridgehead atoms. The van der Waals surface area contributed by atoms with Crippen molar-refractivity contribution in [3.05, 3.63) is 41.8 Å². The number of aliphatic hydroxyl groups excluding tert-OH is 1. The van der Waals surface area contributed by atoms with Crippen LogP contribution in [-0.2, 0) is 4.74 Å². The van der Waals surface area contributed by atoms with Crippen LogP contribution in [0.2, 0.25) is 0 Å².